The summed E-state index contributed by atoms with van der Waals surface area (Å²) in [5.41, 5.74) is 0. The maximum absolute atomic E-state index is 10.8. The first kappa shape index (κ1) is 9.52. The SMILES string of the molecule is CC(CO)C1CCCC1C(=O)O. The van der Waals surface area contributed by atoms with Crippen molar-refractivity contribution in [2.75, 3.05) is 6.61 Å². The van der Waals surface area contributed by atoms with E-state index in [0.717, 1.165) is 19.3 Å². The fourth-order valence-electron chi connectivity index (χ4n) is 2.11. The van der Waals surface area contributed by atoms with Gasteiger partial charge in [-0.1, -0.05) is 13.3 Å². The van der Waals surface area contributed by atoms with E-state index < -0.39 is 5.97 Å². The van der Waals surface area contributed by atoms with Gasteiger partial charge in [-0.15, -0.1) is 0 Å². The highest BCUT2D eigenvalue weighted by Gasteiger charge is 2.35. The highest BCUT2D eigenvalue weighted by Crippen LogP contribution is 2.36. The second-order valence-corrected chi connectivity index (χ2v) is 3.70. The Morgan fingerprint density at radius 2 is 2.25 bits per heavy atom. The van der Waals surface area contributed by atoms with Gasteiger partial charge in [0.15, 0.2) is 0 Å². The van der Waals surface area contributed by atoms with Gasteiger partial charge in [-0.25, -0.2) is 0 Å². The Morgan fingerprint density at radius 3 is 2.75 bits per heavy atom. The quantitative estimate of drug-likeness (QED) is 0.670. The molecule has 1 aliphatic rings. The molecule has 2 N–H and O–H groups in total. The number of carbonyl (C=O) groups is 1. The van der Waals surface area contributed by atoms with Gasteiger partial charge in [0.05, 0.1) is 5.92 Å². The minimum absolute atomic E-state index is 0.106. The fourth-order valence-corrected chi connectivity index (χ4v) is 2.11. The third-order valence-corrected chi connectivity index (χ3v) is 2.91. The van der Waals surface area contributed by atoms with Crippen LogP contribution < -0.4 is 0 Å². The number of carboxylic acid groups (broad SMARTS) is 1. The van der Waals surface area contributed by atoms with E-state index >= 15 is 0 Å². The lowest BCUT2D eigenvalue weighted by Crippen LogP contribution is -2.25. The summed E-state index contributed by atoms with van der Waals surface area (Å²) in [5, 5.41) is 17.7. The van der Waals surface area contributed by atoms with Crippen molar-refractivity contribution in [1.29, 1.82) is 0 Å². The summed E-state index contributed by atoms with van der Waals surface area (Å²) in [6, 6.07) is 0. The highest BCUT2D eigenvalue weighted by molar-refractivity contribution is 5.70. The molecule has 1 fully saturated rings. The smallest absolute Gasteiger partial charge is 0.306 e. The van der Waals surface area contributed by atoms with Crippen LogP contribution in [-0.2, 0) is 4.79 Å². The molecule has 1 rings (SSSR count). The molecule has 3 atom stereocenters. The van der Waals surface area contributed by atoms with Gasteiger partial charge in [-0.05, 0) is 24.7 Å². The van der Waals surface area contributed by atoms with Gasteiger partial charge in [0.2, 0.25) is 0 Å². The van der Waals surface area contributed by atoms with Crippen LogP contribution >= 0.6 is 0 Å². The summed E-state index contributed by atoms with van der Waals surface area (Å²) >= 11 is 0. The van der Waals surface area contributed by atoms with Gasteiger partial charge < -0.3 is 10.2 Å². The summed E-state index contributed by atoms with van der Waals surface area (Å²) in [6.07, 6.45) is 2.73. The van der Waals surface area contributed by atoms with E-state index in [2.05, 4.69) is 0 Å². The van der Waals surface area contributed by atoms with E-state index in [1.807, 2.05) is 6.92 Å². The lowest BCUT2D eigenvalue weighted by Gasteiger charge is -2.20. The maximum Gasteiger partial charge on any atom is 0.306 e. The monoisotopic (exact) mass is 172 g/mol. The number of hydrogen-bond donors (Lipinski definition) is 2. The van der Waals surface area contributed by atoms with E-state index in [1.165, 1.54) is 0 Å². The Bertz CT molecular complexity index is 167. The van der Waals surface area contributed by atoms with Crippen LogP contribution in [0.5, 0.6) is 0 Å². The predicted molar refractivity (Wildman–Crippen MR) is 44.7 cm³/mol. The van der Waals surface area contributed by atoms with Crippen LogP contribution in [-0.4, -0.2) is 22.8 Å². The third kappa shape index (κ3) is 1.78. The van der Waals surface area contributed by atoms with E-state index in [0.29, 0.717) is 0 Å². The molecule has 70 valence electrons. The number of carboxylic acids is 1. The molecule has 0 aromatic heterocycles. The molecule has 3 heteroatoms. The van der Waals surface area contributed by atoms with E-state index in [1.54, 1.807) is 0 Å². The van der Waals surface area contributed by atoms with Gasteiger partial charge in [-0.3, -0.25) is 4.79 Å². The maximum atomic E-state index is 10.8. The molecule has 3 unspecified atom stereocenters. The van der Waals surface area contributed by atoms with Crippen molar-refractivity contribution < 1.29 is 15.0 Å². The minimum Gasteiger partial charge on any atom is -0.481 e. The molecule has 0 aliphatic heterocycles. The standard InChI is InChI=1S/C9H16O3/c1-6(5-10)7-3-2-4-8(7)9(11)12/h6-8,10H,2-5H2,1H3,(H,11,12). The Hall–Kier alpha value is -0.570. The van der Waals surface area contributed by atoms with Gasteiger partial charge in [0.25, 0.3) is 0 Å². The molecule has 0 amide bonds. The van der Waals surface area contributed by atoms with Crippen LogP contribution in [0.4, 0.5) is 0 Å². The number of rotatable bonds is 3. The van der Waals surface area contributed by atoms with Gasteiger partial charge in [0, 0.05) is 6.61 Å². The molecule has 0 aromatic carbocycles. The van der Waals surface area contributed by atoms with Crippen molar-refractivity contribution in [2.45, 2.75) is 26.2 Å². The number of hydrogen-bond acceptors (Lipinski definition) is 2. The molecule has 0 heterocycles. The molecular formula is C9H16O3. The Morgan fingerprint density at radius 1 is 1.58 bits per heavy atom. The summed E-state index contributed by atoms with van der Waals surface area (Å²) in [4.78, 5) is 10.8. The minimum atomic E-state index is -0.696. The van der Waals surface area contributed by atoms with Crippen LogP contribution in [0.1, 0.15) is 26.2 Å². The van der Waals surface area contributed by atoms with Crippen LogP contribution in [0.2, 0.25) is 0 Å². The molecule has 3 nitrogen and oxygen atoms in total. The topological polar surface area (TPSA) is 57.5 Å². The van der Waals surface area contributed by atoms with Crippen molar-refractivity contribution in [3.05, 3.63) is 0 Å². The molecule has 0 aromatic rings. The average molecular weight is 172 g/mol. The summed E-state index contributed by atoms with van der Waals surface area (Å²) in [5.74, 6) is -0.592. The molecule has 12 heavy (non-hydrogen) atoms. The Balaban J connectivity index is 2.57. The van der Waals surface area contributed by atoms with Gasteiger partial charge in [-0.2, -0.15) is 0 Å². The highest BCUT2D eigenvalue weighted by atomic mass is 16.4. The first-order chi connectivity index (χ1) is 5.66. The summed E-state index contributed by atoms with van der Waals surface area (Å²) < 4.78 is 0. The molecule has 0 saturated heterocycles. The first-order valence-electron chi connectivity index (χ1n) is 4.50. The lowest BCUT2D eigenvalue weighted by molar-refractivity contribution is -0.143. The largest absolute Gasteiger partial charge is 0.481 e. The fraction of sp³-hybridized carbons (Fsp3) is 0.889. The molecule has 0 spiro atoms. The van der Waals surface area contributed by atoms with Crippen LogP contribution in [0.3, 0.4) is 0 Å². The number of aliphatic hydroxyl groups is 1. The van der Waals surface area contributed by atoms with Crippen molar-refractivity contribution in [3.63, 3.8) is 0 Å². The molecular weight excluding hydrogens is 156 g/mol. The summed E-state index contributed by atoms with van der Waals surface area (Å²) in [7, 11) is 0. The summed E-state index contributed by atoms with van der Waals surface area (Å²) in [6.45, 7) is 2.03. The predicted octanol–water partition coefficient (Wildman–Crippen LogP) is 1.12. The average Bonchev–Trinajstić information content (AvgIpc) is 2.50. The molecule has 0 bridgehead atoms. The van der Waals surface area contributed by atoms with Crippen molar-refractivity contribution in [1.82, 2.24) is 0 Å². The van der Waals surface area contributed by atoms with Crippen molar-refractivity contribution >= 4 is 5.97 Å². The second-order valence-electron chi connectivity index (χ2n) is 3.70. The van der Waals surface area contributed by atoms with E-state index in [-0.39, 0.29) is 24.4 Å². The zero-order valence-electron chi connectivity index (χ0n) is 7.36. The number of aliphatic carboxylic acids is 1. The van der Waals surface area contributed by atoms with Crippen LogP contribution in [0.25, 0.3) is 0 Å². The van der Waals surface area contributed by atoms with Crippen LogP contribution in [0.15, 0.2) is 0 Å². The molecule has 1 saturated carbocycles. The van der Waals surface area contributed by atoms with Crippen LogP contribution in [0, 0.1) is 17.8 Å². The second kappa shape index (κ2) is 3.90. The first-order valence-corrected chi connectivity index (χ1v) is 4.50. The Labute approximate surface area is 72.4 Å². The zero-order chi connectivity index (χ0) is 9.14. The van der Waals surface area contributed by atoms with Crippen molar-refractivity contribution in [3.8, 4) is 0 Å². The van der Waals surface area contributed by atoms with E-state index in [9.17, 15) is 4.79 Å². The Kier molecular flexibility index (Phi) is 3.09. The lowest BCUT2D eigenvalue weighted by atomic mass is 9.85. The number of aliphatic hydroxyl groups excluding tert-OH is 1. The third-order valence-electron chi connectivity index (χ3n) is 2.91. The van der Waals surface area contributed by atoms with E-state index in [4.69, 9.17) is 10.2 Å². The molecule has 0 radical (unpaired) electrons. The normalized spacial score (nSPS) is 31.8. The molecule has 1 aliphatic carbocycles. The van der Waals surface area contributed by atoms with Crippen molar-refractivity contribution in [2.24, 2.45) is 17.8 Å². The zero-order valence-corrected chi connectivity index (χ0v) is 7.36. The van der Waals surface area contributed by atoms with Gasteiger partial charge >= 0.3 is 5.97 Å². The van der Waals surface area contributed by atoms with Gasteiger partial charge in [0.1, 0.15) is 0 Å².